The molecular formula is C8H13N5O2. The third-order valence-electron chi connectivity index (χ3n) is 1.66. The normalized spacial score (nSPS) is 9.67. The van der Waals surface area contributed by atoms with Gasteiger partial charge in [-0.05, 0) is 0 Å². The molecule has 5 N–H and O–H groups in total. The van der Waals surface area contributed by atoms with E-state index in [2.05, 4.69) is 20.6 Å². The number of rotatable bonds is 5. The van der Waals surface area contributed by atoms with Gasteiger partial charge >= 0.3 is 0 Å². The number of nitrogens with one attached hydrogen (secondary N) is 3. The Balaban J connectivity index is 2.16. The smallest absolute Gasteiger partial charge is 0.239 e. The zero-order valence-electron chi connectivity index (χ0n) is 8.12. The van der Waals surface area contributed by atoms with Crippen LogP contribution in [0.25, 0.3) is 0 Å². The average molecular weight is 211 g/mol. The van der Waals surface area contributed by atoms with Crippen LogP contribution in [0.5, 0.6) is 0 Å². The Morgan fingerprint density at radius 3 is 2.80 bits per heavy atom. The summed E-state index contributed by atoms with van der Waals surface area (Å²) in [6.45, 7) is 0.176. The van der Waals surface area contributed by atoms with Crippen LogP contribution in [-0.2, 0) is 16.1 Å². The van der Waals surface area contributed by atoms with Gasteiger partial charge in [-0.2, -0.15) is 0 Å². The molecule has 15 heavy (non-hydrogen) atoms. The minimum atomic E-state index is -0.355. The fourth-order valence-corrected chi connectivity index (χ4v) is 0.889. The Morgan fingerprint density at radius 1 is 1.40 bits per heavy atom. The lowest BCUT2D eigenvalue weighted by Crippen LogP contribution is -2.39. The monoisotopic (exact) mass is 211 g/mol. The summed E-state index contributed by atoms with van der Waals surface area (Å²) >= 11 is 0. The van der Waals surface area contributed by atoms with Crippen LogP contribution in [0.1, 0.15) is 5.69 Å². The average Bonchev–Trinajstić information content (AvgIpc) is 2.75. The summed E-state index contributed by atoms with van der Waals surface area (Å²) in [5.41, 5.74) is 5.85. The van der Waals surface area contributed by atoms with Crippen LogP contribution < -0.4 is 16.4 Å². The topological polar surface area (TPSA) is 113 Å². The Kier molecular flexibility index (Phi) is 4.30. The summed E-state index contributed by atoms with van der Waals surface area (Å²) in [6, 6.07) is 0. The lowest BCUT2D eigenvalue weighted by atomic mass is 10.4. The van der Waals surface area contributed by atoms with Crippen molar-refractivity contribution in [3.8, 4) is 0 Å². The van der Waals surface area contributed by atoms with Crippen molar-refractivity contribution in [1.82, 2.24) is 20.6 Å². The molecule has 1 aromatic heterocycles. The fraction of sp³-hybridized carbons (Fsp3) is 0.375. The summed E-state index contributed by atoms with van der Waals surface area (Å²) in [5, 5.41) is 4.96. The van der Waals surface area contributed by atoms with Crippen LogP contribution in [0.2, 0.25) is 0 Å². The maximum absolute atomic E-state index is 11.2. The first-order valence-electron chi connectivity index (χ1n) is 4.43. The Hall–Kier alpha value is -1.89. The van der Waals surface area contributed by atoms with Gasteiger partial charge in [0, 0.05) is 6.20 Å². The maximum atomic E-state index is 11.2. The van der Waals surface area contributed by atoms with Gasteiger partial charge in [0.2, 0.25) is 11.8 Å². The minimum absolute atomic E-state index is 0.0653. The SMILES string of the molecule is NCC(=O)NCC(=O)NCc1cnc[nH]1. The zero-order chi connectivity index (χ0) is 11.1. The van der Waals surface area contributed by atoms with Gasteiger partial charge < -0.3 is 21.4 Å². The van der Waals surface area contributed by atoms with Crippen LogP contribution in [0.4, 0.5) is 0 Å². The number of carbonyl (C=O) groups is 2. The Labute approximate surface area is 86.4 Å². The molecule has 1 heterocycles. The van der Waals surface area contributed by atoms with Crippen LogP contribution in [0.15, 0.2) is 12.5 Å². The predicted octanol–water partition coefficient (Wildman–Crippen LogP) is -1.90. The molecule has 0 fully saturated rings. The molecule has 7 heteroatoms. The first-order chi connectivity index (χ1) is 7.22. The molecule has 0 unspecified atom stereocenters. The maximum Gasteiger partial charge on any atom is 0.239 e. The summed E-state index contributed by atoms with van der Waals surface area (Å²) in [5.74, 6) is -0.627. The number of hydrogen-bond donors (Lipinski definition) is 4. The molecule has 0 aliphatic heterocycles. The molecule has 1 aromatic rings. The first kappa shape index (κ1) is 11.2. The fourth-order valence-electron chi connectivity index (χ4n) is 0.889. The third-order valence-corrected chi connectivity index (χ3v) is 1.66. The molecule has 0 aliphatic carbocycles. The van der Waals surface area contributed by atoms with Crippen LogP contribution in [0, 0.1) is 0 Å². The van der Waals surface area contributed by atoms with Crippen molar-refractivity contribution in [3.63, 3.8) is 0 Å². The predicted molar refractivity (Wildman–Crippen MR) is 52.5 cm³/mol. The van der Waals surface area contributed by atoms with Gasteiger partial charge in [0.1, 0.15) is 0 Å². The van der Waals surface area contributed by atoms with Crippen molar-refractivity contribution in [2.45, 2.75) is 6.54 Å². The number of hydrogen-bond acceptors (Lipinski definition) is 4. The second-order valence-electron chi connectivity index (χ2n) is 2.83. The van der Waals surface area contributed by atoms with E-state index in [4.69, 9.17) is 5.73 Å². The molecule has 0 radical (unpaired) electrons. The molecule has 0 spiro atoms. The van der Waals surface area contributed by atoms with Crippen molar-refractivity contribution < 1.29 is 9.59 Å². The van der Waals surface area contributed by atoms with E-state index in [9.17, 15) is 9.59 Å². The number of H-pyrrole nitrogens is 1. The Bertz CT molecular complexity index is 322. The molecule has 0 saturated heterocycles. The standard InChI is InChI=1S/C8H13N5O2/c9-1-7(14)12-4-8(15)11-3-6-2-10-5-13-6/h2,5H,1,3-4,9H2,(H,10,13)(H,11,15)(H,12,14). The van der Waals surface area contributed by atoms with E-state index >= 15 is 0 Å². The van der Waals surface area contributed by atoms with Crippen molar-refractivity contribution in [3.05, 3.63) is 18.2 Å². The van der Waals surface area contributed by atoms with Crippen LogP contribution in [0.3, 0.4) is 0 Å². The quantitative estimate of drug-likeness (QED) is 0.455. The zero-order valence-corrected chi connectivity index (χ0v) is 8.12. The lowest BCUT2D eigenvalue weighted by molar-refractivity contribution is -0.125. The minimum Gasteiger partial charge on any atom is -0.349 e. The number of amides is 2. The van der Waals surface area contributed by atoms with Gasteiger partial charge in [0.25, 0.3) is 0 Å². The largest absolute Gasteiger partial charge is 0.349 e. The lowest BCUT2D eigenvalue weighted by Gasteiger charge is -2.04. The van der Waals surface area contributed by atoms with Gasteiger partial charge in [0.05, 0.1) is 31.7 Å². The van der Waals surface area contributed by atoms with E-state index in [1.54, 1.807) is 6.20 Å². The highest BCUT2D eigenvalue weighted by atomic mass is 16.2. The van der Waals surface area contributed by atoms with E-state index in [-0.39, 0.29) is 24.9 Å². The number of aromatic nitrogens is 2. The van der Waals surface area contributed by atoms with E-state index < -0.39 is 0 Å². The van der Waals surface area contributed by atoms with Gasteiger partial charge in [-0.1, -0.05) is 0 Å². The molecular weight excluding hydrogens is 198 g/mol. The van der Waals surface area contributed by atoms with Crippen LogP contribution in [-0.4, -0.2) is 34.9 Å². The molecule has 1 rings (SSSR count). The van der Waals surface area contributed by atoms with Crippen molar-refractivity contribution in [1.29, 1.82) is 0 Å². The van der Waals surface area contributed by atoms with E-state index in [0.717, 1.165) is 5.69 Å². The molecule has 0 atom stereocenters. The summed E-state index contributed by atoms with van der Waals surface area (Å²) < 4.78 is 0. The molecule has 2 amide bonds. The van der Waals surface area contributed by atoms with Crippen molar-refractivity contribution in [2.24, 2.45) is 5.73 Å². The molecule has 82 valence electrons. The number of carbonyl (C=O) groups excluding carboxylic acids is 2. The van der Waals surface area contributed by atoms with Gasteiger partial charge in [-0.3, -0.25) is 9.59 Å². The van der Waals surface area contributed by atoms with Gasteiger partial charge in [-0.25, -0.2) is 4.98 Å². The summed E-state index contributed by atoms with van der Waals surface area (Å²) in [4.78, 5) is 28.5. The molecule has 0 bridgehead atoms. The van der Waals surface area contributed by atoms with Gasteiger partial charge in [-0.15, -0.1) is 0 Å². The first-order valence-corrected chi connectivity index (χ1v) is 4.43. The highest BCUT2D eigenvalue weighted by Gasteiger charge is 2.03. The molecule has 0 aliphatic rings. The number of imidazole rings is 1. The van der Waals surface area contributed by atoms with E-state index in [0.29, 0.717) is 6.54 Å². The molecule has 0 aromatic carbocycles. The second kappa shape index (κ2) is 5.76. The van der Waals surface area contributed by atoms with Crippen LogP contribution >= 0.6 is 0 Å². The third kappa shape index (κ3) is 4.23. The van der Waals surface area contributed by atoms with Crippen molar-refractivity contribution >= 4 is 11.8 Å². The van der Waals surface area contributed by atoms with Crippen molar-refractivity contribution in [2.75, 3.05) is 13.1 Å². The molecule has 0 saturated carbocycles. The highest BCUT2D eigenvalue weighted by Crippen LogP contribution is 1.88. The van der Waals surface area contributed by atoms with Gasteiger partial charge in [0.15, 0.2) is 0 Å². The number of nitrogens with zero attached hydrogens (tertiary/aromatic N) is 1. The highest BCUT2D eigenvalue weighted by molar-refractivity contribution is 5.85. The number of nitrogens with two attached hydrogens (primary N) is 1. The Morgan fingerprint density at radius 2 is 2.20 bits per heavy atom. The summed E-state index contributed by atoms with van der Waals surface area (Å²) in [6.07, 6.45) is 3.14. The molecule has 7 nitrogen and oxygen atoms in total. The summed E-state index contributed by atoms with van der Waals surface area (Å²) in [7, 11) is 0. The second-order valence-corrected chi connectivity index (χ2v) is 2.83. The number of aromatic amines is 1. The van der Waals surface area contributed by atoms with E-state index in [1.807, 2.05) is 0 Å². The van der Waals surface area contributed by atoms with E-state index in [1.165, 1.54) is 6.33 Å².